The molecule has 0 unspecified atom stereocenters. The van der Waals surface area contributed by atoms with Crippen molar-refractivity contribution in [3.63, 3.8) is 0 Å². The third kappa shape index (κ3) is 6.80. The molecule has 2 rings (SSSR count). The number of benzene rings is 1. The van der Waals surface area contributed by atoms with E-state index in [2.05, 4.69) is 22.3 Å². The minimum absolute atomic E-state index is 0.263. The number of nitrogens with one attached hydrogen (secondary N) is 1. The van der Waals surface area contributed by atoms with Gasteiger partial charge in [-0.1, -0.05) is 30.3 Å². The van der Waals surface area contributed by atoms with Gasteiger partial charge < -0.3 is 10.5 Å². The lowest BCUT2D eigenvalue weighted by Crippen LogP contribution is -2.38. The molecule has 126 valence electrons. The SMILES string of the molecule is NC(=O)NC(=O)CCN(Cc1ccccc1)CC1CCOCC1. The zero-order valence-electron chi connectivity index (χ0n) is 13.4. The number of nitrogens with two attached hydrogens (primary N) is 1. The summed E-state index contributed by atoms with van der Waals surface area (Å²) in [6, 6.07) is 9.39. The number of carbonyl (C=O) groups is 2. The van der Waals surface area contributed by atoms with E-state index in [-0.39, 0.29) is 12.3 Å². The third-order valence-electron chi connectivity index (χ3n) is 4.02. The molecule has 1 aliphatic heterocycles. The van der Waals surface area contributed by atoms with Gasteiger partial charge in [0.2, 0.25) is 5.91 Å². The van der Waals surface area contributed by atoms with Crippen molar-refractivity contribution in [2.24, 2.45) is 11.7 Å². The monoisotopic (exact) mass is 319 g/mol. The van der Waals surface area contributed by atoms with Crippen molar-refractivity contribution < 1.29 is 14.3 Å². The molecule has 1 heterocycles. The van der Waals surface area contributed by atoms with E-state index in [4.69, 9.17) is 10.5 Å². The van der Waals surface area contributed by atoms with E-state index in [1.807, 2.05) is 18.2 Å². The molecular weight excluding hydrogens is 294 g/mol. The van der Waals surface area contributed by atoms with Crippen LogP contribution in [0.1, 0.15) is 24.8 Å². The maximum absolute atomic E-state index is 11.6. The van der Waals surface area contributed by atoms with E-state index >= 15 is 0 Å². The lowest BCUT2D eigenvalue weighted by atomic mass is 9.99. The van der Waals surface area contributed by atoms with Crippen molar-refractivity contribution in [3.05, 3.63) is 35.9 Å². The summed E-state index contributed by atoms with van der Waals surface area (Å²) in [7, 11) is 0. The summed E-state index contributed by atoms with van der Waals surface area (Å²) in [5.41, 5.74) is 6.19. The zero-order chi connectivity index (χ0) is 16.5. The summed E-state index contributed by atoms with van der Waals surface area (Å²) >= 11 is 0. The molecule has 3 N–H and O–H groups in total. The van der Waals surface area contributed by atoms with E-state index in [0.717, 1.165) is 39.1 Å². The number of imide groups is 1. The van der Waals surface area contributed by atoms with Gasteiger partial charge in [0, 0.05) is 39.3 Å². The highest BCUT2D eigenvalue weighted by Gasteiger charge is 2.18. The van der Waals surface area contributed by atoms with Crippen molar-refractivity contribution in [2.75, 3.05) is 26.3 Å². The summed E-state index contributed by atoms with van der Waals surface area (Å²) in [5, 5.41) is 2.12. The first-order chi connectivity index (χ1) is 11.1. The molecule has 6 nitrogen and oxygen atoms in total. The van der Waals surface area contributed by atoms with Crippen LogP contribution >= 0.6 is 0 Å². The highest BCUT2D eigenvalue weighted by Crippen LogP contribution is 2.17. The summed E-state index contributed by atoms with van der Waals surface area (Å²) in [6.07, 6.45) is 2.37. The molecule has 1 saturated heterocycles. The number of amides is 3. The Morgan fingerprint density at radius 1 is 1.22 bits per heavy atom. The average Bonchev–Trinajstić information content (AvgIpc) is 2.54. The summed E-state index contributed by atoms with van der Waals surface area (Å²) in [5.74, 6) is 0.259. The Bertz CT molecular complexity index is 501. The number of urea groups is 1. The lowest BCUT2D eigenvalue weighted by Gasteiger charge is -2.29. The number of hydrogen-bond acceptors (Lipinski definition) is 4. The molecule has 1 aliphatic rings. The van der Waals surface area contributed by atoms with E-state index in [1.165, 1.54) is 5.56 Å². The van der Waals surface area contributed by atoms with Crippen molar-refractivity contribution in [1.29, 1.82) is 0 Å². The van der Waals surface area contributed by atoms with Crippen LogP contribution in [0.25, 0.3) is 0 Å². The molecule has 6 heteroatoms. The molecule has 1 fully saturated rings. The number of nitrogens with zero attached hydrogens (tertiary/aromatic N) is 1. The van der Waals surface area contributed by atoms with Gasteiger partial charge in [-0.25, -0.2) is 4.79 Å². The second-order valence-corrected chi connectivity index (χ2v) is 5.94. The Hall–Kier alpha value is -1.92. The van der Waals surface area contributed by atoms with Crippen molar-refractivity contribution in [3.8, 4) is 0 Å². The quantitative estimate of drug-likeness (QED) is 0.797. The van der Waals surface area contributed by atoms with Crippen LogP contribution < -0.4 is 11.1 Å². The number of hydrogen-bond donors (Lipinski definition) is 2. The predicted octanol–water partition coefficient (Wildman–Crippen LogP) is 1.50. The zero-order valence-corrected chi connectivity index (χ0v) is 13.4. The number of rotatable bonds is 7. The Labute approximate surface area is 137 Å². The van der Waals surface area contributed by atoms with Gasteiger partial charge in [-0.2, -0.15) is 0 Å². The smallest absolute Gasteiger partial charge is 0.318 e. The summed E-state index contributed by atoms with van der Waals surface area (Å²) in [4.78, 5) is 24.6. The summed E-state index contributed by atoms with van der Waals surface area (Å²) < 4.78 is 5.41. The molecule has 0 spiro atoms. The van der Waals surface area contributed by atoms with Crippen LogP contribution in [0.15, 0.2) is 30.3 Å². The highest BCUT2D eigenvalue weighted by atomic mass is 16.5. The minimum Gasteiger partial charge on any atom is -0.381 e. The Morgan fingerprint density at radius 2 is 1.91 bits per heavy atom. The number of primary amides is 1. The largest absolute Gasteiger partial charge is 0.381 e. The van der Waals surface area contributed by atoms with Gasteiger partial charge in [0.25, 0.3) is 0 Å². The first-order valence-electron chi connectivity index (χ1n) is 8.07. The summed E-state index contributed by atoms with van der Waals surface area (Å²) in [6.45, 7) is 3.95. The van der Waals surface area contributed by atoms with Crippen LogP contribution in [0.5, 0.6) is 0 Å². The molecule has 3 amide bonds. The Balaban J connectivity index is 1.89. The molecule has 0 saturated carbocycles. The molecule has 0 radical (unpaired) electrons. The highest BCUT2D eigenvalue weighted by molar-refractivity contribution is 5.93. The lowest BCUT2D eigenvalue weighted by molar-refractivity contribution is -0.120. The maximum Gasteiger partial charge on any atom is 0.318 e. The molecule has 0 aromatic heterocycles. The second-order valence-electron chi connectivity index (χ2n) is 5.94. The van der Waals surface area contributed by atoms with E-state index in [1.54, 1.807) is 0 Å². The fourth-order valence-corrected chi connectivity index (χ4v) is 2.83. The van der Waals surface area contributed by atoms with Gasteiger partial charge in [0.1, 0.15) is 0 Å². The minimum atomic E-state index is -0.797. The van der Waals surface area contributed by atoms with Gasteiger partial charge in [-0.3, -0.25) is 15.0 Å². The molecular formula is C17H25N3O3. The van der Waals surface area contributed by atoms with Gasteiger partial charge in [-0.05, 0) is 24.3 Å². The van der Waals surface area contributed by atoms with Gasteiger partial charge in [-0.15, -0.1) is 0 Å². The fraction of sp³-hybridized carbons (Fsp3) is 0.529. The molecule has 23 heavy (non-hydrogen) atoms. The number of carbonyl (C=O) groups excluding carboxylic acids is 2. The Kier molecular flexibility index (Phi) is 7.03. The number of ether oxygens (including phenoxy) is 1. The van der Waals surface area contributed by atoms with E-state index in [9.17, 15) is 9.59 Å². The van der Waals surface area contributed by atoms with Crippen molar-refractivity contribution >= 4 is 11.9 Å². The van der Waals surface area contributed by atoms with Crippen LogP contribution in [-0.4, -0.2) is 43.1 Å². The van der Waals surface area contributed by atoms with Crippen LogP contribution in [0.3, 0.4) is 0 Å². The molecule has 0 atom stereocenters. The predicted molar refractivity (Wildman–Crippen MR) is 87.6 cm³/mol. The Morgan fingerprint density at radius 3 is 2.57 bits per heavy atom. The average molecular weight is 319 g/mol. The topological polar surface area (TPSA) is 84.7 Å². The van der Waals surface area contributed by atoms with Crippen molar-refractivity contribution in [2.45, 2.75) is 25.8 Å². The molecule has 1 aromatic carbocycles. The first-order valence-corrected chi connectivity index (χ1v) is 8.07. The van der Waals surface area contributed by atoms with Gasteiger partial charge >= 0.3 is 6.03 Å². The standard InChI is InChI=1S/C17H25N3O3/c18-17(22)19-16(21)6-9-20(12-14-4-2-1-3-5-14)13-15-7-10-23-11-8-15/h1-5,15H,6-13H2,(H3,18,19,21,22). The van der Waals surface area contributed by atoms with Gasteiger partial charge in [0.05, 0.1) is 0 Å². The maximum atomic E-state index is 11.6. The van der Waals surface area contributed by atoms with E-state index in [0.29, 0.717) is 12.5 Å². The van der Waals surface area contributed by atoms with Crippen molar-refractivity contribution in [1.82, 2.24) is 10.2 Å². The fourth-order valence-electron chi connectivity index (χ4n) is 2.83. The van der Waals surface area contributed by atoms with E-state index < -0.39 is 6.03 Å². The van der Waals surface area contributed by atoms with Crippen LogP contribution in [-0.2, 0) is 16.1 Å². The molecule has 0 aliphatic carbocycles. The van der Waals surface area contributed by atoms with Crippen LogP contribution in [0.2, 0.25) is 0 Å². The third-order valence-corrected chi connectivity index (χ3v) is 4.02. The van der Waals surface area contributed by atoms with Gasteiger partial charge in [0.15, 0.2) is 0 Å². The first kappa shape index (κ1) is 17.4. The second kappa shape index (κ2) is 9.27. The molecule has 0 bridgehead atoms. The molecule has 1 aromatic rings. The normalized spacial score (nSPS) is 15.5. The van der Waals surface area contributed by atoms with Crippen LogP contribution in [0.4, 0.5) is 4.79 Å². The van der Waals surface area contributed by atoms with Crippen LogP contribution in [0, 0.1) is 5.92 Å².